The van der Waals surface area contributed by atoms with E-state index in [1.807, 2.05) is 72.8 Å². The molecular formula is C22H14Br2N2O2. The average molecular weight is 498 g/mol. The first-order valence-electron chi connectivity index (χ1n) is 8.46. The maximum absolute atomic E-state index is 5.80. The molecule has 0 radical (unpaired) electrons. The van der Waals surface area contributed by atoms with Crippen molar-refractivity contribution in [2.24, 2.45) is 10.2 Å². The van der Waals surface area contributed by atoms with Crippen LogP contribution in [0.25, 0.3) is 22.6 Å². The fourth-order valence-corrected chi connectivity index (χ4v) is 3.60. The van der Waals surface area contributed by atoms with Gasteiger partial charge in [-0.15, -0.1) is 0 Å². The molecule has 0 saturated carbocycles. The van der Waals surface area contributed by atoms with Gasteiger partial charge in [0.25, 0.3) is 0 Å². The Hall–Kier alpha value is -2.70. The summed E-state index contributed by atoms with van der Waals surface area (Å²) >= 11 is 7.05. The zero-order valence-electron chi connectivity index (χ0n) is 14.5. The summed E-state index contributed by atoms with van der Waals surface area (Å²) in [7, 11) is 0. The second kappa shape index (κ2) is 8.54. The molecule has 0 aliphatic carbocycles. The zero-order chi connectivity index (χ0) is 19.3. The van der Waals surface area contributed by atoms with E-state index in [0.29, 0.717) is 11.5 Å². The van der Waals surface area contributed by atoms with Crippen LogP contribution in [0.1, 0.15) is 11.5 Å². The summed E-state index contributed by atoms with van der Waals surface area (Å²) in [6, 6.07) is 23.3. The molecule has 0 atom stereocenters. The number of halogens is 2. The largest absolute Gasteiger partial charge is 0.455 e. The molecule has 4 nitrogen and oxygen atoms in total. The minimum absolute atomic E-state index is 0.622. The van der Waals surface area contributed by atoms with E-state index in [9.17, 15) is 0 Å². The van der Waals surface area contributed by atoms with Crippen LogP contribution in [-0.4, -0.2) is 12.4 Å². The molecule has 4 rings (SSSR count). The molecule has 0 N–H and O–H groups in total. The molecule has 0 aliphatic rings. The highest BCUT2D eigenvalue weighted by Crippen LogP contribution is 2.30. The van der Waals surface area contributed by atoms with Crippen LogP contribution < -0.4 is 0 Å². The van der Waals surface area contributed by atoms with Crippen molar-refractivity contribution in [3.8, 4) is 22.6 Å². The standard InChI is InChI=1S/C22H14Br2N2O2/c23-19-7-3-1-5-17(19)21-11-9-15(27-21)13-25-26-14-16-10-12-22(28-16)18-6-2-4-8-20(18)24/h1-14H/b25-13+,26-14+. The van der Waals surface area contributed by atoms with Crippen molar-refractivity contribution >= 4 is 44.3 Å². The van der Waals surface area contributed by atoms with Crippen LogP contribution in [0.15, 0.2) is 101 Å². The van der Waals surface area contributed by atoms with E-state index in [1.54, 1.807) is 12.4 Å². The van der Waals surface area contributed by atoms with Gasteiger partial charge in [0, 0.05) is 20.1 Å². The third-order valence-electron chi connectivity index (χ3n) is 3.97. The molecule has 0 spiro atoms. The Bertz CT molecular complexity index is 1070. The number of nitrogens with zero attached hydrogens (tertiary/aromatic N) is 2. The van der Waals surface area contributed by atoms with Gasteiger partial charge in [0.1, 0.15) is 23.0 Å². The first-order chi connectivity index (χ1) is 13.7. The maximum atomic E-state index is 5.80. The van der Waals surface area contributed by atoms with E-state index in [-0.39, 0.29) is 0 Å². The van der Waals surface area contributed by atoms with E-state index in [4.69, 9.17) is 8.83 Å². The van der Waals surface area contributed by atoms with Crippen molar-refractivity contribution < 1.29 is 8.83 Å². The Kier molecular flexibility index (Phi) is 5.69. The Morgan fingerprint density at radius 3 is 1.43 bits per heavy atom. The number of furan rings is 2. The smallest absolute Gasteiger partial charge is 0.147 e. The van der Waals surface area contributed by atoms with Crippen molar-refractivity contribution in [3.05, 3.63) is 93.3 Å². The van der Waals surface area contributed by atoms with Crippen LogP contribution in [-0.2, 0) is 0 Å². The Labute approximate surface area is 178 Å². The van der Waals surface area contributed by atoms with Gasteiger partial charge in [0.15, 0.2) is 0 Å². The van der Waals surface area contributed by atoms with Crippen LogP contribution in [0.3, 0.4) is 0 Å². The summed E-state index contributed by atoms with van der Waals surface area (Å²) in [6.45, 7) is 0. The van der Waals surface area contributed by atoms with Crippen molar-refractivity contribution in [2.45, 2.75) is 0 Å². The average Bonchev–Trinajstić information content (AvgIpc) is 3.36. The third-order valence-corrected chi connectivity index (χ3v) is 5.35. The highest BCUT2D eigenvalue weighted by Gasteiger charge is 2.07. The van der Waals surface area contributed by atoms with Crippen molar-refractivity contribution in [2.75, 3.05) is 0 Å². The molecular weight excluding hydrogens is 484 g/mol. The number of hydrogen-bond acceptors (Lipinski definition) is 4. The van der Waals surface area contributed by atoms with Gasteiger partial charge in [-0.3, -0.25) is 0 Å². The van der Waals surface area contributed by atoms with E-state index < -0.39 is 0 Å². The molecule has 28 heavy (non-hydrogen) atoms. The molecule has 0 aliphatic heterocycles. The first kappa shape index (κ1) is 18.7. The topological polar surface area (TPSA) is 51.0 Å². The summed E-state index contributed by atoms with van der Waals surface area (Å²) in [5.74, 6) is 2.77. The predicted octanol–water partition coefficient (Wildman–Crippen LogP) is 7.18. The molecule has 2 aromatic heterocycles. The van der Waals surface area contributed by atoms with E-state index in [1.165, 1.54) is 0 Å². The minimum Gasteiger partial charge on any atom is -0.455 e. The lowest BCUT2D eigenvalue weighted by molar-refractivity contribution is 0.573. The number of benzene rings is 2. The fourth-order valence-electron chi connectivity index (χ4n) is 2.64. The monoisotopic (exact) mass is 496 g/mol. The second-order valence-corrected chi connectivity index (χ2v) is 7.56. The zero-order valence-corrected chi connectivity index (χ0v) is 17.7. The fraction of sp³-hybridized carbons (Fsp3) is 0. The Morgan fingerprint density at radius 1 is 0.571 bits per heavy atom. The predicted molar refractivity (Wildman–Crippen MR) is 119 cm³/mol. The lowest BCUT2D eigenvalue weighted by Gasteiger charge is -1.99. The number of rotatable bonds is 5. The molecule has 0 fully saturated rings. The van der Waals surface area contributed by atoms with Crippen molar-refractivity contribution in [1.82, 2.24) is 0 Å². The molecule has 138 valence electrons. The van der Waals surface area contributed by atoms with Crippen LogP contribution in [0.2, 0.25) is 0 Å². The van der Waals surface area contributed by atoms with Gasteiger partial charge in [-0.2, -0.15) is 10.2 Å². The van der Waals surface area contributed by atoms with Gasteiger partial charge >= 0.3 is 0 Å². The molecule has 4 aromatic rings. The van der Waals surface area contributed by atoms with Crippen LogP contribution in [0.5, 0.6) is 0 Å². The lowest BCUT2D eigenvalue weighted by Crippen LogP contribution is -1.78. The van der Waals surface area contributed by atoms with E-state index >= 15 is 0 Å². The normalized spacial score (nSPS) is 11.6. The Morgan fingerprint density at radius 2 is 1.00 bits per heavy atom. The molecule has 2 heterocycles. The van der Waals surface area contributed by atoms with Gasteiger partial charge in [-0.25, -0.2) is 0 Å². The first-order valence-corrected chi connectivity index (χ1v) is 10.1. The summed E-state index contributed by atoms with van der Waals surface area (Å²) in [5.41, 5.74) is 1.97. The summed E-state index contributed by atoms with van der Waals surface area (Å²) < 4.78 is 13.5. The summed E-state index contributed by atoms with van der Waals surface area (Å²) in [6.07, 6.45) is 3.13. The van der Waals surface area contributed by atoms with Crippen molar-refractivity contribution in [1.29, 1.82) is 0 Å². The molecule has 2 aromatic carbocycles. The molecule has 0 bridgehead atoms. The van der Waals surface area contributed by atoms with Gasteiger partial charge in [-0.05, 0) is 36.4 Å². The third kappa shape index (κ3) is 4.24. The van der Waals surface area contributed by atoms with Crippen LogP contribution in [0.4, 0.5) is 0 Å². The van der Waals surface area contributed by atoms with Gasteiger partial charge in [0.05, 0.1) is 12.4 Å². The summed E-state index contributed by atoms with van der Waals surface area (Å²) in [4.78, 5) is 0. The highest BCUT2D eigenvalue weighted by atomic mass is 79.9. The van der Waals surface area contributed by atoms with Crippen LogP contribution in [0, 0.1) is 0 Å². The van der Waals surface area contributed by atoms with Gasteiger partial charge in [-0.1, -0.05) is 68.3 Å². The maximum Gasteiger partial charge on any atom is 0.147 e. The van der Waals surface area contributed by atoms with Gasteiger partial charge in [0.2, 0.25) is 0 Å². The molecule has 0 unspecified atom stereocenters. The number of hydrogen-bond donors (Lipinski definition) is 0. The Balaban J connectivity index is 1.44. The SMILES string of the molecule is Brc1ccccc1-c1ccc(/C=N/N=C/c2ccc(-c3ccccc3Br)o2)o1. The quantitative estimate of drug-likeness (QED) is 0.216. The van der Waals surface area contributed by atoms with Crippen molar-refractivity contribution in [3.63, 3.8) is 0 Å². The van der Waals surface area contributed by atoms with Crippen LogP contribution >= 0.6 is 31.9 Å². The molecule has 6 heteroatoms. The van der Waals surface area contributed by atoms with E-state index in [2.05, 4.69) is 42.1 Å². The minimum atomic E-state index is 0.622. The molecule has 0 saturated heterocycles. The van der Waals surface area contributed by atoms with E-state index in [0.717, 1.165) is 31.6 Å². The second-order valence-electron chi connectivity index (χ2n) is 5.85. The van der Waals surface area contributed by atoms with Gasteiger partial charge < -0.3 is 8.83 Å². The highest BCUT2D eigenvalue weighted by molar-refractivity contribution is 9.11. The lowest BCUT2D eigenvalue weighted by atomic mass is 10.2. The molecule has 0 amide bonds. The summed E-state index contributed by atoms with van der Waals surface area (Å²) in [5, 5.41) is 8.07.